The van der Waals surface area contributed by atoms with E-state index in [9.17, 15) is 0 Å². The quantitative estimate of drug-likeness (QED) is 0.808. The van der Waals surface area contributed by atoms with Gasteiger partial charge in [0.1, 0.15) is 0 Å². The van der Waals surface area contributed by atoms with Crippen LogP contribution in [0.5, 0.6) is 0 Å². The van der Waals surface area contributed by atoms with E-state index in [1.54, 1.807) is 0 Å². The lowest BCUT2D eigenvalue weighted by atomic mass is 10.1. The molecule has 2 aromatic rings. The molecule has 84 valence electrons. The molecule has 0 saturated carbocycles. The first-order chi connectivity index (χ1) is 8.29. The molecule has 3 heteroatoms. The Morgan fingerprint density at radius 3 is 2.76 bits per heavy atom. The second-order valence-electron chi connectivity index (χ2n) is 3.74. The maximum atomic E-state index is 8.87. The molecule has 0 saturated heterocycles. The molecule has 0 aliphatic rings. The highest BCUT2D eigenvalue weighted by atomic mass is 127. The van der Waals surface area contributed by atoms with Crippen molar-refractivity contribution in [3.05, 3.63) is 63.0 Å². The Morgan fingerprint density at radius 2 is 2.06 bits per heavy atom. The Morgan fingerprint density at radius 1 is 1.18 bits per heavy atom. The summed E-state index contributed by atoms with van der Waals surface area (Å²) in [5.74, 6) is 0. The van der Waals surface area contributed by atoms with E-state index >= 15 is 0 Å². The standard InChI is InChI=1S/C14H11IN2/c15-14-7-4-11(10-16)9-12(14)5-6-13-3-1-2-8-17-13/h1-4,7-9H,5-6H2. The third-order valence-electron chi connectivity index (χ3n) is 2.55. The monoisotopic (exact) mass is 334 g/mol. The molecule has 17 heavy (non-hydrogen) atoms. The third kappa shape index (κ3) is 3.27. The van der Waals surface area contributed by atoms with Crippen LogP contribution in [-0.2, 0) is 12.8 Å². The number of hydrogen-bond donors (Lipinski definition) is 0. The molecule has 1 aromatic heterocycles. The van der Waals surface area contributed by atoms with E-state index in [0.29, 0.717) is 0 Å². The molecule has 0 atom stereocenters. The second-order valence-corrected chi connectivity index (χ2v) is 4.90. The van der Waals surface area contributed by atoms with E-state index in [2.05, 4.69) is 33.6 Å². The Labute approximate surface area is 114 Å². The first-order valence-electron chi connectivity index (χ1n) is 5.38. The summed E-state index contributed by atoms with van der Waals surface area (Å²) in [6, 6.07) is 13.9. The fourth-order valence-electron chi connectivity index (χ4n) is 1.64. The number of halogens is 1. The van der Waals surface area contributed by atoms with Crippen molar-refractivity contribution >= 4 is 22.6 Å². The third-order valence-corrected chi connectivity index (χ3v) is 3.60. The fraction of sp³-hybridized carbons (Fsp3) is 0.143. The van der Waals surface area contributed by atoms with Crippen molar-refractivity contribution in [3.63, 3.8) is 0 Å². The molecular weight excluding hydrogens is 323 g/mol. The summed E-state index contributed by atoms with van der Waals surface area (Å²) in [6.45, 7) is 0. The van der Waals surface area contributed by atoms with Crippen LogP contribution >= 0.6 is 22.6 Å². The van der Waals surface area contributed by atoms with Gasteiger partial charge in [0.05, 0.1) is 11.6 Å². The molecule has 0 amide bonds. The minimum atomic E-state index is 0.724. The van der Waals surface area contributed by atoms with Gasteiger partial charge in [0.15, 0.2) is 0 Å². The topological polar surface area (TPSA) is 36.7 Å². The van der Waals surface area contributed by atoms with E-state index < -0.39 is 0 Å². The zero-order chi connectivity index (χ0) is 12.1. The SMILES string of the molecule is N#Cc1ccc(I)c(CCc2ccccn2)c1. The Balaban J connectivity index is 2.12. The molecule has 0 unspecified atom stereocenters. The number of pyridine rings is 1. The van der Waals surface area contributed by atoms with E-state index in [1.165, 1.54) is 9.13 Å². The number of nitrogens with zero attached hydrogens (tertiary/aromatic N) is 2. The van der Waals surface area contributed by atoms with E-state index in [-0.39, 0.29) is 0 Å². The average molecular weight is 334 g/mol. The summed E-state index contributed by atoms with van der Waals surface area (Å²) in [6.07, 6.45) is 3.64. The summed E-state index contributed by atoms with van der Waals surface area (Å²) >= 11 is 2.31. The summed E-state index contributed by atoms with van der Waals surface area (Å²) in [4.78, 5) is 4.30. The first-order valence-corrected chi connectivity index (χ1v) is 6.46. The van der Waals surface area contributed by atoms with Crippen molar-refractivity contribution in [1.29, 1.82) is 5.26 Å². The van der Waals surface area contributed by atoms with Gasteiger partial charge in [-0.1, -0.05) is 6.07 Å². The lowest BCUT2D eigenvalue weighted by molar-refractivity contribution is 0.909. The number of benzene rings is 1. The molecule has 2 nitrogen and oxygen atoms in total. The van der Waals surface area contributed by atoms with Gasteiger partial charge < -0.3 is 0 Å². The highest BCUT2D eigenvalue weighted by Crippen LogP contribution is 2.16. The maximum Gasteiger partial charge on any atom is 0.0991 e. The largest absolute Gasteiger partial charge is 0.261 e. The molecule has 0 aliphatic carbocycles. The fourth-order valence-corrected chi connectivity index (χ4v) is 2.25. The maximum absolute atomic E-state index is 8.87. The van der Waals surface area contributed by atoms with Crippen LogP contribution in [0.3, 0.4) is 0 Å². The first kappa shape index (κ1) is 12.1. The molecule has 0 N–H and O–H groups in total. The summed E-state index contributed by atoms with van der Waals surface area (Å²) in [7, 11) is 0. The average Bonchev–Trinajstić information content (AvgIpc) is 2.39. The van der Waals surface area contributed by atoms with Crippen molar-refractivity contribution in [2.75, 3.05) is 0 Å². The minimum absolute atomic E-state index is 0.724. The summed E-state index contributed by atoms with van der Waals surface area (Å²) < 4.78 is 1.21. The Hall–Kier alpha value is -1.41. The lowest BCUT2D eigenvalue weighted by Gasteiger charge is -2.04. The summed E-state index contributed by atoms with van der Waals surface area (Å²) in [5, 5.41) is 8.87. The van der Waals surface area contributed by atoms with Crippen LogP contribution in [0.2, 0.25) is 0 Å². The van der Waals surface area contributed by atoms with Crippen LogP contribution in [-0.4, -0.2) is 4.98 Å². The van der Waals surface area contributed by atoms with Gasteiger partial charge in [-0.3, -0.25) is 4.98 Å². The van der Waals surface area contributed by atoms with Gasteiger partial charge in [-0.2, -0.15) is 5.26 Å². The van der Waals surface area contributed by atoms with Crippen molar-refractivity contribution < 1.29 is 0 Å². The molecule has 1 heterocycles. The molecule has 2 rings (SSSR count). The van der Waals surface area contributed by atoms with Gasteiger partial charge in [-0.25, -0.2) is 0 Å². The minimum Gasteiger partial charge on any atom is -0.261 e. The molecule has 0 radical (unpaired) electrons. The van der Waals surface area contributed by atoms with E-state index in [1.807, 2.05) is 42.6 Å². The van der Waals surface area contributed by atoms with Crippen LogP contribution in [0, 0.1) is 14.9 Å². The van der Waals surface area contributed by atoms with Gasteiger partial charge in [-0.05, 0) is 71.3 Å². The van der Waals surface area contributed by atoms with Crippen LogP contribution in [0.15, 0.2) is 42.6 Å². The van der Waals surface area contributed by atoms with Gasteiger partial charge in [0.25, 0.3) is 0 Å². The van der Waals surface area contributed by atoms with Gasteiger partial charge >= 0.3 is 0 Å². The normalized spacial score (nSPS) is 9.88. The second kappa shape index (κ2) is 5.78. The summed E-state index contributed by atoms with van der Waals surface area (Å²) in [5.41, 5.74) is 3.03. The number of nitriles is 1. The predicted molar refractivity (Wildman–Crippen MR) is 75.5 cm³/mol. The van der Waals surface area contributed by atoms with Crippen molar-refractivity contribution in [1.82, 2.24) is 4.98 Å². The van der Waals surface area contributed by atoms with Crippen molar-refractivity contribution in [2.45, 2.75) is 12.8 Å². The van der Waals surface area contributed by atoms with Crippen molar-refractivity contribution in [3.8, 4) is 6.07 Å². The number of rotatable bonds is 3. The van der Waals surface area contributed by atoms with Gasteiger partial charge in [0.2, 0.25) is 0 Å². The van der Waals surface area contributed by atoms with Gasteiger partial charge in [0, 0.05) is 15.5 Å². The van der Waals surface area contributed by atoms with Crippen LogP contribution in [0.4, 0.5) is 0 Å². The van der Waals surface area contributed by atoms with Crippen LogP contribution in [0.1, 0.15) is 16.8 Å². The molecule has 1 aromatic carbocycles. The number of hydrogen-bond acceptors (Lipinski definition) is 2. The van der Waals surface area contributed by atoms with E-state index in [0.717, 1.165) is 24.1 Å². The highest BCUT2D eigenvalue weighted by molar-refractivity contribution is 14.1. The molecular formula is C14H11IN2. The molecule has 0 aliphatic heterocycles. The van der Waals surface area contributed by atoms with Crippen molar-refractivity contribution in [2.24, 2.45) is 0 Å². The highest BCUT2D eigenvalue weighted by Gasteiger charge is 2.02. The smallest absolute Gasteiger partial charge is 0.0991 e. The molecule has 0 bridgehead atoms. The van der Waals surface area contributed by atoms with Crippen LogP contribution in [0.25, 0.3) is 0 Å². The Bertz CT molecular complexity index is 544. The number of aromatic nitrogens is 1. The predicted octanol–water partition coefficient (Wildman–Crippen LogP) is 3.34. The molecule has 0 spiro atoms. The van der Waals surface area contributed by atoms with E-state index in [4.69, 9.17) is 5.26 Å². The molecule has 0 fully saturated rings. The van der Waals surface area contributed by atoms with Gasteiger partial charge in [-0.15, -0.1) is 0 Å². The zero-order valence-electron chi connectivity index (χ0n) is 9.23. The number of aryl methyl sites for hydroxylation is 2. The Kier molecular flexibility index (Phi) is 4.10. The lowest BCUT2D eigenvalue weighted by Crippen LogP contribution is -1.96. The van der Waals surface area contributed by atoms with Crippen LogP contribution < -0.4 is 0 Å². The zero-order valence-corrected chi connectivity index (χ0v) is 11.4.